The Morgan fingerprint density at radius 1 is 0.675 bits per heavy atom. The summed E-state index contributed by atoms with van der Waals surface area (Å²) < 4.78 is 10.8. The Morgan fingerprint density at radius 3 is 1.70 bits per heavy atom. The average Bonchev–Trinajstić information content (AvgIpc) is 2.96. The third kappa shape index (κ3) is 15.4. The van der Waals surface area contributed by atoms with Crippen LogP contribution < -0.4 is 14.9 Å². The standard InChI is InChI=1S/C34H50N2O4/c1-3-5-6-7-8-9-10-11-12-13-14-15-16-17-18-19-33(37)36-35-28-29-20-24-32(25-21-29)40-34(38)30-22-26-31(27-23-30)39-4-2/h20-28H,3-19H2,1-2H3,(H,36,37)/b35-28-. The highest BCUT2D eigenvalue weighted by atomic mass is 16.5. The fourth-order valence-corrected chi connectivity index (χ4v) is 4.53. The van der Waals surface area contributed by atoms with Gasteiger partial charge in [0.05, 0.1) is 18.4 Å². The van der Waals surface area contributed by atoms with E-state index in [1.807, 2.05) is 6.92 Å². The number of esters is 1. The van der Waals surface area contributed by atoms with Gasteiger partial charge in [-0.1, -0.05) is 96.8 Å². The quantitative estimate of drug-likeness (QED) is 0.0522. The number of benzene rings is 2. The van der Waals surface area contributed by atoms with Crippen molar-refractivity contribution in [2.24, 2.45) is 5.10 Å². The summed E-state index contributed by atoms with van der Waals surface area (Å²) in [5.74, 6) is 0.653. The number of ether oxygens (including phenoxy) is 2. The van der Waals surface area contributed by atoms with E-state index in [4.69, 9.17) is 9.47 Å². The summed E-state index contributed by atoms with van der Waals surface area (Å²) in [6, 6.07) is 13.8. The summed E-state index contributed by atoms with van der Waals surface area (Å²) >= 11 is 0. The molecule has 0 bridgehead atoms. The number of carbonyl (C=O) groups is 2. The third-order valence-corrected chi connectivity index (χ3v) is 6.90. The molecule has 0 radical (unpaired) electrons. The molecule has 1 N–H and O–H groups in total. The highest BCUT2D eigenvalue weighted by Gasteiger charge is 2.09. The number of amides is 1. The van der Waals surface area contributed by atoms with Crippen molar-refractivity contribution in [2.45, 2.75) is 117 Å². The molecular formula is C34H50N2O4. The van der Waals surface area contributed by atoms with Gasteiger partial charge < -0.3 is 9.47 Å². The summed E-state index contributed by atoms with van der Waals surface area (Å²) in [6.45, 7) is 4.75. The Bertz CT molecular complexity index is 970. The molecule has 0 heterocycles. The van der Waals surface area contributed by atoms with Crippen LogP contribution in [0.4, 0.5) is 0 Å². The summed E-state index contributed by atoms with van der Waals surface area (Å²) in [5.41, 5.74) is 3.85. The maximum Gasteiger partial charge on any atom is 0.343 e. The molecule has 0 atom stereocenters. The molecule has 0 spiro atoms. The van der Waals surface area contributed by atoms with Crippen molar-refractivity contribution in [1.82, 2.24) is 5.43 Å². The number of nitrogens with one attached hydrogen (secondary N) is 1. The van der Waals surface area contributed by atoms with Crippen LogP contribution in [0.2, 0.25) is 0 Å². The number of unbranched alkanes of at least 4 members (excludes halogenated alkanes) is 14. The van der Waals surface area contributed by atoms with Crippen molar-refractivity contribution in [2.75, 3.05) is 6.61 Å². The highest BCUT2D eigenvalue weighted by Crippen LogP contribution is 2.17. The second-order valence-corrected chi connectivity index (χ2v) is 10.4. The minimum Gasteiger partial charge on any atom is -0.494 e. The third-order valence-electron chi connectivity index (χ3n) is 6.90. The molecule has 1 amide bonds. The fraction of sp³-hybridized carbons (Fsp3) is 0.559. The molecule has 2 aromatic carbocycles. The van der Waals surface area contributed by atoms with Gasteiger partial charge in [-0.05, 0) is 67.4 Å². The van der Waals surface area contributed by atoms with Crippen LogP contribution in [0.25, 0.3) is 0 Å². The molecule has 0 aliphatic heterocycles. The predicted molar refractivity (Wildman–Crippen MR) is 164 cm³/mol. The SMILES string of the molecule is CCCCCCCCCCCCCCCCCC(=O)N/N=C\c1ccc(OC(=O)c2ccc(OCC)cc2)cc1. The molecule has 220 valence electrons. The number of hydrogen-bond donors (Lipinski definition) is 1. The van der Waals surface area contributed by atoms with Gasteiger partial charge in [0.15, 0.2) is 0 Å². The Hall–Kier alpha value is -3.15. The normalized spacial score (nSPS) is 11.1. The smallest absolute Gasteiger partial charge is 0.343 e. The molecule has 6 heteroatoms. The van der Waals surface area contributed by atoms with Gasteiger partial charge in [-0.3, -0.25) is 4.79 Å². The highest BCUT2D eigenvalue weighted by molar-refractivity contribution is 5.91. The molecule has 6 nitrogen and oxygen atoms in total. The van der Waals surface area contributed by atoms with Gasteiger partial charge in [0.2, 0.25) is 5.91 Å². The minimum atomic E-state index is -0.435. The molecule has 0 aliphatic carbocycles. The van der Waals surface area contributed by atoms with E-state index in [1.54, 1.807) is 54.7 Å². The van der Waals surface area contributed by atoms with Crippen LogP contribution >= 0.6 is 0 Å². The molecule has 0 saturated heterocycles. The van der Waals surface area contributed by atoms with Gasteiger partial charge in [-0.2, -0.15) is 5.10 Å². The zero-order valence-corrected chi connectivity index (χ0v) is 24.8. The minimum absolute atomic E-state index is 0.0631. The lowest BCUT2D eigenvalue weighted by Crippen LogP contribution is -2.16. The molecule has 2 aromatic rings. The van der Waals surface area contributed by atoms with E-state index in [9.17, 15) is 9.59 Å². The fourth-order valence-electron chi connectivity index (χ4n) is 4.53. The Labute approximate surface area is 241 Å². The van der Waals surface area contributed by atoms with E-state index in [-0.39, 0.29) is 5.91 Å². The lowest BCUT2D eigenvalue weighted by atomic mass is 10.0. The average molecular weight is 551 g/mol. The maximum absolute atomic E-state index is 12.3. The molecule has 0 saturated carbocycles. The van der Waals surface area contributed by atoms with Gasteiger partial charge >= 0.3 is 5.97 Å². The lowest BCUT2D eigenvalue weighted by Gasteiger charge is -2.06. The Morgan fingerprint density at radius 2 is 1.18 bits per heavy atom. The van der Waals surface area contributed by atoms with Crippen LogP contribution in [0, 0.1) is 0 Å². The van der Waals surface area contributed by atoms with Crippen molar-refractivity contribution in [3.63, 3.8) is 0 Å². The zero-order valence-electron chi connectivity index (χ0n) is 24.8. The van der Waals surface area contributed by atoms with Crippen molar-refractivity contribution in [1.29, 1.82) is 0 Å². The van der Waals surface area contributed by atoms with Crippen molar-refractivity contribution < 1.29 is 19.1 Å². The molecule has 0 aromatic heterocycles. The molecular weight excluding hydrogens is 500 g/mol. The molecule has 2 rings (SSSR count). The number of rotatable bonds is 22. The maximum atomic E-state index is 12.3. The van der Waals surface area contributed by atoms with Crippen molar-refractivity contribution in [3.8, 4) is 11.5 Å². The Balaban J connectivity index is 1.48. The van der Waals surface area contributed by atoms with Crippen LogP contribution in [0.5, 0.6) is 11.5 Å². The number of nitrogens with zero attached hydrogens (tertiary/aromatic N) is 1. The topological polar surface area (TPSA) is 77.0 Å². The van der Waals surface area contributed by atoms with E-state index in [0.29, 0.717) is 30.1 Å². The lowest BCUT2D eigenvalue weighted by molar-refractivity contribution is -0.121. The van der Waals surface area contributed by atoms with E-state index in [0.717, 1.165) is 18.4 Å². The largest absolute Gasteiger partial charge is 0.494 e. The van der Waals surface area contributed by atoms with E-state index >= 15 is 0 Å². The van der Waals surface area contributed by atoms with Crippen LogP contribution in [0.3, 0.4) is 0 Å². The second-order valence-electron chi connectivity index (χ2n) is 10.4. The molecule has 0 fully saturated rings. The van der Waals surface area contributed by atoms with Gasteiger partial charge in [0, 0.05) is 6.42 Å². The van der Waals surface area contributed by atoms with Gasteiger partial charge in [0.25, 0.3) is 0 Å². The van der Waals surface area contributed by atoms with E-state index < -0.39 is 5.97 Å². The Kier molecular flexibility index (Phi) is 17.9. The second kappa shape index (κ2) is 21.6. The summed E-state index contributed by atoms with van der Waals surface area (Å²) in [6.07, 6.45) is 21.7. The van der Waals surface area contributed by atoms with E-state index in [2.05, 4.69) is 17.5 Å². The number of hydrazone groups is 1. The number of hydrogen-bond acceptors (Lipinski definition) is 5. The van der Waals surface area contributed by atoms with Crippen molar-refractivity contribution in [3.05, 3.63) is 59.7 Å². The van der Waals surface area contributed by atoms with Gasteiger partial charge in [-0.15, -0.1) is 0 Å². The molecule has 0 aliphatic rings. The van der Waals surface area contributed by atoms with E-state index in [1.165, 1.54) is 83.5 Å². The van der Waals surface area contributed by atoms with Gasteiger partial charge in [0.1, 0.15) is 11.5 Å². The first-order valence-electron chi connectivity index (χ1n) is 15.5. The molecule has 0 unspecified atom stereocenters. The molecule has 40 heavy (non-hydrogen) atoms. The monoisotopic (exact) mass is 550 g/mol. The first kappa shape index (κ1) is 33.1. The van der Waals surface area contributed by atoms with Crippen LogP contribution in [0.1, 0.15) is 133 Å². The van der Waals surface area contributed by atoms with Crippen LogP contribution in [-0.4, -0.2) is 24.7 Å². The predicted octanol–water partition coefficient (Wildman–Crippen LogP) is 9.02. The van der Waals surface area contributed by atoms with Crippen molar-refractivity contribution >= 4 is 18.1 Å². The summed E-state index contributed by atoms with van der Waals surface area (Å²) in [5, 5.41) is 4.05. The summed E-state index contributed by atoms with van der Waals surface area (Å²) in [4.78, 5) is 24.4. The van der Waals surface area contributed by atoms with Crippen LogP contribution in [-0.2, 0) is 4.79 Å². The first-order valence-corrected chi connectivity index (χ1v) is 15.5. The van der Waals surface area contributed by atoms with Crippen LogP contribution in [0.15, 0.2) is 53.6 Å². The summed E-state index contributed by atoms with van der Waals surface area (Å²) in [7, 11) is 0. The first-order chi connectivity index (χ1) is 19.6. The van der Waals surface area contributed by atoms with Gasteiger partial charge in [-0.25, -0.2) is 10.2 Å². The zero-order chi connectivity index (χ0) is 28.7. The number of carbonyl (C=O) groups excluding carboxylic acids is 2.